The zero-order valence-corrected chi connectivity index (χ0v) is 26.1. The van der Waals surface area contributed by atoms with E-state index in [1.807, 2.05) is 0 Å². The summed E-state index contributed by atoms with van der Waals surface area (Å²) in [6.07, 6.45) is 5.81. The van der Waals surface area contributed by atoms with Crippen LogP contribution in [-0.4, -0.2) is 0 Å². The van der Waals surface area contributed by atoms with Gasteiger partial charge in [0.05, 0.1) is 5.69 Å². The van der Waals surface area contributed by atoms with Crippen LogP contribution in [-0.2, 0) is 0 Å². The third kappa shape index (κ3) is 4.98. The van der Waals surface area contributed by atoms with Crippen LogP contribution in [0.4, 0.5) is 17.1 Å². The van der Waals surface area contributed by atoms with E-state index in [-0.39, 0.29) is 0 Å². The summed E-state index contributed by atoms with van der Waals surface area (Å²) in [5.41, 5.74) is 7.24. The summed E-state index contributed by atoms with van der Waals surface area (Å²) in [5, 5.41) is 10.2. The third-order valence-electron chi connectivity index (χ3n) is 9.74. The molecule has 0 fully saturated rings. The van der Waals surface area contributed by atoms with E-state index in [1.54, 1.807) is 0 Å². The molecule has 0 saturated heterocycles. The van der Waals surface area contributed by atoms with Gasteiger partial charge >= 0.3 is 0 Å². The van der Waals surface area contributed by atoms with Gasteiger partial charge in [0.1, 0.15) is 0 Å². The molecule has 0 aliphatic heterocycles. The van der Waals surface area contributed by atoms with Crippen LogP contribution in [0.5, 0.6) is 0 Å². The fourth-order valence-corrected chi connectivity index (χ4v) is 7.31. The van der Waals surface area contributed by atoms with Crippen LogP contribution in [0.2, 0.25) is 0 Å². The highest BCUT2D eigenvalue weighted by Crippen LogP contribution is 2.43. The maximum absolute atomic E-state index is 2.43. The van der Waals surface area contributed by atoms with Crippen molar-refractivity contribution in [3.05, 3.63) is 186 Å². The second-order valence-corrected chi connectivity index (χ2v) is 12.5. The molecule has 0 aromatic heterocycles. The quantitative estimate of drug-likeness (QED) is 0.178. The summed E-state index contributed by atoms with van der Waals surface area (Å²) in [7, 11) is 0. The Morgan fingerprint density at radius 3 is 1.81 bits per heavy atom. The fourth-order valence-electron chi connectivity index (χ4n) is 7.31. The summed E-state index contributed by atoms with van der Waals surface area (Å²) in [4.78, 5) is 2.43. The van der Waals surface area contributed by atoms with Crippen LogP contribution < -0.4 is 15.3 Å². The topological polar surface area (TPSA) is 3.24 Å². The van der Waals surface area contributed by atoms with Gasteiger partial charge in [-0.15, -0.1) is 0 Å². The van der Waals surface area contributed by atoms with Crippen molar-refractivity contribution in [2.75, 3.05) is 4.90 Å². The predicted octanol–water partition coefficient (Wildman–Crippen LogP) is 11.0. The van der Waals surface area contributed by atoms with Crippen molar-refractivity contribution in [2.45, 2.75) is 12.3 Å². The van der Waals surface area contributed by atoms with Gasteiger partial charge in [-0.25, -0.2) is 0 Å². The van der Waals surface area contributed by atoms with Crippen molar-refractivity contribution >= 4 is 61.5 Å². The third-order valence-corrected chi connectivity index (χ3v) is 9.74. The Morgan fingerprint density at radius 2 is 1.02 bits per heavy atom. The lowest BCUT2D eigenvalue weighted by molar-refractivity contribution is 0.921. The van der Waals surface area contributed by atoms with E-state index in [4.69, 9.17) is 0 Å². The van der Waals surface area contributed by atoms with Crippen LogP contribution in [0.25, 0.3) is 55.6 Å². The lowest BCUT2D eigenvalue weighted by Gasteiger charge is -2.28. The van der Waals surface area contributed by atoms with Gasteiger partial charge in [0.15, 0.2) is 0 Å². The molecule has 8 aromatic carbocycles. The van der Waals surface area contributed by atoms with Crippen LogP contribution in [0.3, 0.4) is 0 Å². The molecule has 1 aliphatic carbocycles. The molecule has 1 unspecified atom stereocenters. The fraction of sp³-hybridized carbons (Fsp3) is 0.0435. The van der Waals surface area contributed by atoms with E-state index < -0.39 is 0 Å². The van der Waals surface area contributed by atoms with Crippen LogP contribution in [0, 0.1) is 0 Å². The van der Waals surface area contributed by atoms with Crippen LogP contribution >= 0.6 is 0 Å². The summed E-state index contributed by atoms with van der Waals surface area (Å²) in [5.74, 6) is 0.370. The minimum Gasteiger partial charge on any atom is -0.310 e. The van der Waals surface area contributed by atoms with Crippen LogP contribution in [0.15, 0.2) is 170 Å². The maximum atomic E-state index is 2.43. The standard InChI is InChI=1S/C46H33N/c1-3-11-36-29-38(19-17-32(36)9-1)34-21-25-41(26-22-34)47(46-31-40-13-5-6-14-43(40)44-15-7-8-16-45(44)46)42-27-23-35(24-28-42)39-20-18-33-10-2-4-12-37(33)30-39/h1-19,21-31,39H,20H2. The van der Waals surface area contributed by atoms with Gasteiger partial charge in [-0.1, -0.05) is 146 Å². The molecule has 8 aromatic rings. The van der Waals surface area contributed by atoms with Gasteiger partial charge < -0.3 is 4.90 Å². The first-order chi connectivity index (χ1) is 23.3. The minimum atomic E-state index is 0.370. The predicted molar refractivity (Wildman–Crippen MR) is 201 cm³/mol. The summed E-state index contributed by atoms with van der Waals surface area (Å²) in [6.45, 7) is 0. The van der Waals surface area contributed by atoms with Gasteiger partial charge in [-0.3, -0.25) is 0 Å². The molecule has 0 amide bonds. The van der Waals surface area contributed by atoms with Crippen molar-refractivity contribution in [1.29, 1.82) is 0 Å². The van der Waals surface area contributed by atoms with Crippen molar-refractivity contribution in [1.82, 2.24) is 0 Å². The van der Waals surface area contributed by atoms with Gasteiger partial charge in [0.25, 0.3) is 0 Å². The number of fused-ring (bicyclic) bond motifs is 5. The van der Waals surface area contributed by atoms with E-state index in [9.17, 15) is 0 Å². The lowest BCUT2D eigenvalue weighted by atomic mass is 9.90. The highest BCUT2D eigenvalue weighted by atomic mass is 15.1. The number of hydrogen-bond acceptors (Lipinski definition) is 1. The average molecular weight is 600 g/mol. The number of benzene rings is 8. The highest BCUT2D eigenvalue weighted by molar-refractivity contribution is 6.14. The monoisotopic (exact) mass is 599 g/mol. The molecule has 0 saturated carbocycles. The Kier molecular flexibility index (Phi) is 6.68. The zero-order chi connectivity index (χ0) is 31.2. The summed E-state index contributed by atoms with van der Waals surface area (Å²) < 4.78 is 0. The molecule has 1 heteroatoms. The SMILES string of the molecule is C1=c2ccccc2=CC(c2ccc(N(c3ccc(-c4ccc5ccccc5c4)cc3)c3cc4ccccc4c4ccccc34)cc2)C1. The first-order valence-electron chi connectivity index (χ1n) is 16.5. The molecule has 9 rings (SSSR count). The van der Waals surface area contributed by atoms with Crippen molar-refractivity contribution in [3.63, 3.8) is 0 Å². The Bertz CT molecular complexity index is 2540. The van der Waals surface area contributed by atoms with Gasteiger partial charge in [0.2, 0.25) is 0 Å². The average Bonchev–Trinajstić information content (AvgIpc) is 3.15. The minimum absolute atomic E-state index is 0.370. The van der Waals surface area contributed by atoms with Crippen molar-refractivity contribution < 1.29 is 0 Å². The maximum Gasteiger partial charge on any atom is 0.0546 e. The Hall–Kier alpha value is -5.92. The number of hydrogen-bond donors (Lipinski definition) is 0. The summed E-state index contributed by atoms with van der Waals surface area (Å²) in [6, 6.07) is 62.1. The van der Waals surface area contributed by atoms with Crippen molar-refractivity contribution in [2.24, 2.45) is 0 Å². The summed E-state index contributed by atoms with van der Waals surface area (Å²) >= 11 is 0. The second kappa shape index (κ2) is 11.5. The van der Waals surface area contributed by atoms with E-state index in [1.165, 1.54) is 65.1 Å². The Labute approximate surface area is 275 Å². The normalized spacial score (nSPS) is 14.0. The molecule has 1 nitrogen and oxygen atoms in total. The highest BCUT2D eigenvalue weighted by Gasteiger charge is 2.18. The first kappa shape index (κ1) is 27.4. The molecule has 0 radical (unpaired) electrons. The van der Waals surface area contributed by atoms with Gasteiger partial charge in [-0.2, -0.15) is 0 Å². The molecule has 222 valence electrons. The van der Waals surface area contributed by atoms with E-state index >= 15 is 0 Å². The van der Waals surface area contributed by atoms with Gasteiger partial charge in [0, 0.05) is 22.7 Å². The molecular formula is C46H33N. The second-order valence-electron chi connectivity index (χ2n) is 12.5. The largest absolute Gasteiger partial charge is 0.310 e. The smallest absolute Gasteiger partial charge is 0.0546 e. The van der Waals surface area contributed by atoms with E-state index in [2.05, 4.69) is 187 Å². The number of rotatable bonds is 5. The molecular weight excluding hydrogens is 567 g/mol. The number of nitrogens with zero attached hydrogens (tertiary/aromatic N) is 1. The van der Waals surface area contributed by atoms with E-state index in [0.717, 1.165) is 17.8 Å². The molecule has 1 aliphatic rings. The van der Waals surface area contributed by atoms with E-state index in [0.29, 0.717) is 5.92 Å². The molecule has 0 N–H and O–H groups in total. The zero-order valence-electron chi connectivity index (χ0n) is 26.1. The molecule has 0 spiro atoms. The Balaban J connectivity index is 1.17. The molecule has 0 heterocycles. The van der Waals surface area contributed by atoms with Gasteiger partial charge in [-0.05, 0) is 96.9 Å². The van der Waals surface area contributed by atoms with Crippen molar-refractivity contribution in [3.8, 4) is 11.1 Å². The molecule has 47 heavy (non-hydrogen) atoms. The number of anilines is 3. The first-order valence-corrected chi connectivity index (χ1v) is 16.5. The Morgan fingerprint density at radius 1 is 0.426 bits per heavy atom. The lowest BCUT2D eigenvalue weighted by Crippen LogP contribution is -2.27. The molecule has 0 bridgehead atoms. The van der Waals surface area contributed by atoms with Crippen LogP contribution in [0.1, 0.15) is 17.9 Å². The molecule has 1 atom stereocenters.